The number of hydrogen-bond donors (Lipinski definition) is 0. The first-order valence-electron chi connectivity index (χ1n) is 28.5. The van der Waals surface area contributed by atoms with Crippen LogP contribution in [-0.4, -0.2) is 16.2 Å². The fourth-order valence-corrected chi connectivity index (χ4v) is 11.5. The lowest BCUT2D eigenvalue weighted by Gasteiger charge is -2.42. The van der Waals surface area contributed by atoms with Gasteiger partial charge in [0.25, 0.3) is 0 Å². The molecule has 1 aliphatic carbocycles. The number of rotatable bonds is 8. The largest absolute Gasteiger partial charge is 0.457 e. The Hall–Kier alpha value is -7.89. The Bertz CT molecular complexity index is 4070. The van der Waals surface area contributed by atoms with Crippen LogP contribution in [0.3, 0.4) is 0 Å². The van der Waals surface area contributed by atoms with Crippen LogP contribution in [0.15, 0.2) is 194 Å². The summed E-state index contributed by atoms with van der Waals surface area (Å²) in [5.41, 5.74) is 17.6. The highest BCUT2D eigenvalue weighted by Crippen LogP contribution is 2.53. The SMILES string of the molecule is [2H]c1c([2H])c([2H])c2c(c1[2H])c1ccc(Oc3cccc(N4CN(c5c(-c6ccc(-c7cccc(C(C)(C)C)c7)cc6)cccc5-c5ccc6c(c5)C(C)(C)CCC6(C)C)c5ccccc54)c3)cc1n2-c1cc(C(C)(C)C)ccn1. The summed E-state index contributed by atoms with van der Waals surface area (Å²) < 4.78 is 44.2. The van der Waals surface area contributed by atoms with Crippen LogP contribution in [0.5, 0.6) is 11.5 Å². The molecule has 10 aromatic rings. The van der Waals surface area contributed by atoms with E-state index in [-0.39, 0.29) is 45.8 Å². The third kappa shape index (κ3) is 8.66. The van der Waals surface area contributed by atoms with Crippen LogP contribution in [-0.2, 0) is 21.7 Å². The maximum Gasteiger partial charge on any atom is 0.137 e. The molecular weight excluding hydrogens is 913 g/mol. The molecule has 1 aliphatic heterocycles. The van der Waals surface area contributed by atoms with Gasteiger partial charge in [-0.2, -0.15) is 0 Å². The summed E-state index contributed by atoms with van der Waals surface area (Å²) in [5.74, 6) is 1.76. The van der Waals surface area contributed by atoms with Crippen molar-refractivity contribution in [3.63, 3.8) is 0 Å². The third-order valence-corrected chi connectivity index (χ3v) is 16.1. The highest BCUT2D eigenvalue weighted by Gasteiger charge is 2.38. The van der Waals surface area contributed by atoms with Gasteiger partial charge in [0, 0.05) is 45.9 Å². The van der Waals surface area contributed by atoms with Crippen molar-refractivity contribution in [2.75, 3.05) is 16.5 Å². The fraction of sp³-hybridized carbons (Fsp3) is 0.243. The lowest BCUT2D eigenvalue weighted by molar-refractivity contribution is 0.332. The van der Waals surface area contributed by atoms with E-state index in [1.165, 1.54) is 38.9 Å². The molecule has 0 spiro atoms. The minimum atomic E-state index is -0.289. The zero-order valence-corrected chi connectivity index (χ0v) is 45.0. The monoisotopic (exact) mass is 985 g/mol. The van der Waals surface area contributed by atoms with Crippen molar-refractivity contribution in [2.45, 2.75) is 104 Å². The quantitative estimate of drug-likeness (QED) is 0.152. The number of aromatic nitrogens is 2. The molecule has 0 unspecified atom stereocenters. The Morgan fingerprint density at radius 3 is 1.91 bits per heavy atom. The lowest BCUT2D eigenvalue weighted by atomic mass is 9.63. The molecule has 374 valence electrons. The molecule has 0 saturated carbocycles. The van der Waals surface area contributed by atoms with E-state index in [1.807, 2.05) is 47.0 Å². The van der Waals surface area contributed by atoms with E-state index in [1.54, 1.807) is 6.20 Å². The number of pyridine rings is 1. The maximum absolute atomic E-state index is 9.14. The van der Waals surface area contributed by atoms with E-state index in [0.29, 0.717) is 45.8 Å². The summed E-state index contributed by atoms with van der Waals surface area (Å²) in [6.07, 6.45) is 4.06. The fourth-order valence-electron chi connectivity index (χ4n) is 11.5. The van der Waals surface area contributed by atoms with E-state index in [9.17, 15) is 0 Å². The summed E-state index contributed by atoms with van der Waals surface area (Å²) in [7, 11) is 0. The predicted molar refractivity (Wildman–Crippen MR) is 316 cm³/mol. The summed E-state index contributed by atoms with van der Waals surface area (Å²) in [5, 5.41) is 1.13. The summed E-state index contributed by atoms with van der Waals surface area (Å²) >= 11 is 0. The smallest absolute Gasteiger partial charge is 0.137 e. The topological polar surface area (TPSA) is 33.5 Å². The summed E-state index contributed by atoms with van der Waals surface area (Å²) in [6, 6.07) is 57.9. The molecule has 0 bridgehead atoms. The number of ether oxygens (including phenoxy) is 1. The van der Waals surface area contributed by atoms with Crippen molar-refractivity contribution >= 4 is 44.6 Å². The van der Waals surface area contributed by atoms with E-state index in [4.69, 9.17) is 15.2 Å². The van der Waals surface area contributed by atoms with Gasteiger partial charge in [-0.25, -0.2) is 4.98 Å². The molecule has 8 aromatic carbocycles. The van der Waals surface area contributed by atoms with E-state index < -0.39 is 0 Å². The Morgan fingerprint density at radius 2 is 1.15 bits per heavy atom. The van der Waals surface area contributed by atoms with Gasteiger partial charge in [-0.05, 0) is 134 Å². The number of anilines is 4. The van der Waals surface area contributed by atoms with Crippen molar-refractivity contribution in [2.24, 2.45) is 0 Å². The zero-order chi connectivity index (χ0) is 55.5. The number of hydrogen-bond acceptors (Lipinski definition) is 4. The van der Waals surface area contributed by atoms with Gasteiger partial charge in [-0.3, -0.25) is 4.57 Å². The molecule has 5 heteroatoms. The lowest BCUT2D eigenvalue weighted by Crippen LogP contribution is -2.33. The standard InChI is InChI=1S/C70H68N4O/c1-67(2,3)50-19-15-18-48(40-50)46-28-30-47(31-29-46)55-23-17-24-56(49-32-35-59-60(41-49)70(9,10)38-37-69(59,7)8)66(55)73-45-72(62-26-13-14-27-63(62)73)52-20-16-21-53(43-52)75-54-33-34-58-57-22-11-12-25-61(57)74(64(58)44-54)65-42-51(36-39-71-65)68(4,5)6/h11-36,39-44H,37-38,45H2,1-10H3/i11D,12D,22D,25D. The van der Waals surface area contributed by atoms with Gasteiger partial charge in [-0.15, -0.1) is 0 Å². The second-order valence-electron chi connectivity index (χ2n) is 24.1. The molecule has 2 aromatic heterocycles. The molecule has 75 heavy (non-hydrogen) atoms. The first-order chi connectivity index (χ1) is 37.6. The van der Waals surface area contributed by atoms with Crippen LogP contribution in [0.4, 0.5) is 22.7 Å². The molecule has 0 atom stereocenters. The molecule has 5 nitrogen and oxygen atoms in total. The van der Waals surface area contributed by atoms with Crippen LogP contribution in [0, 0.1) is 0 Å². The highest BCUT2D eigenvalue weighted by molar-refractivity contribution is 6.09. The van der Waals surface area contributed by atoms with Gasteiger partial charge in [-0.1, -0.05) is 190 Å². The van der Waals surface area contributed by atoms with Crippen LogP contribution in [0.2, 0.25) is 0 Å². The van der Waals surface area contributed by atoms with Crippen LogP contribution in [0.25, 0.3) is 61.0 Å². The number of fused-ring (bicyclic) bond motifs is 5. The number of para-hydroxylation sites is 4. The zero-order valence-electron chi connectivity index (χ0n) is 49.0. The van der Waals surface area contributed by atoms with Crippen LogP contribution in [0.1, 0.15) is 110 Å². The Kier molecular flexibility index (Phi) is 10.4. The highest BCUT2D eigenvalue weighted by atomic mass is 16.5. The molecule has 0 amide bonds. The van der Waals surface area contributed by atoms with E-state index in [2.05, 4.69) is 200 Å². The van der Waals surface area contributed by atoms with Crippen LogP contribution >= 0.6 is 0 Å². The molecule has 0 fully saturated rings. The first kappa shape index (κ1) is 43.5. The average molecular weight is 985 g/mol. The first-order valence-corrected chi connectivity index (χ1v) is 26.5. The Morgan fingerprint density at radius 1 is 0.507 bits per heavy atom. The summed E-state index contributed by atoms with van der Waals surface area (Å²) in [6.45, 7) is 23.4. The van der Waals surface area contributed by atoms with Crippen molar-refractivity contribution in [1.82, 2.24) is 9.55 Å². The molecule has 3 heterocycles. The minimum Gasteiger partial charge on any atom is -0.457 e. The average Bonchev–Trinajstić information content (AvgIpc) is 3.79. The Balaban J connectivity index is 0.954. The molecule has 2 aliphatic rings. The number of benzene rings is 8. The second-order valence-corrected chi connectivity index (χ2v) is 24.1. The molecule has 0 saturated heterocycles. The number of nitrogens with zero attached hydrogens (tertiary/aromatic N) is 4. The van der Waals surface area contributed by atoms with Crippen molar-refractivity contribution in [1.29, 1.82) is 0 Å². The molecule has 12 rings (SSSR count). The minimum absolute atomic E-state index is 0.0395. The predicted octanol–water partition coefficient (Wildman–Crippen LogP) is 19.2. The van der Waals surface area contributed by atoms with Crippen molar-refractivity contribution in [3.8, 4) is 50.7 Å². The second kappa shape index (κ2) is 17.9. The van der Waals surface area contributed by atoms with E-state index in [0.717, 1.165) is 52.3 Å². The van der Waals surface area contributed by atoms with E-state index >= 15 is 0 Å². The van der Waals surface area contributed by atoms with Crippen molar-refractivity contribution < 1.29 is 10.2 Å². The maximum atomic E-state index is 9.14. The van der Waals surface area contributed by atoms with Crippen molar-refractivity contribution in [3.05, 3.63) is 216 Å². The molecule has 0 N–H and O–H groups in total. The van der Waals surface area contributed by atoms with Gasteiger partial charge in [0.15, 0.2) is 0 Å². The Labute approximate surface area is 449 Å². The van der Waals surface area contributed by atoms with Gasteiger partial charge >= 0.3 is 0 Å². The van der Waals surface area contributed by atoms with Gasteiger partial charge < -0.3 is 14.5 Å². The molecular formula is C70H68N4O. The summed E-state index contributed by atoms with van der Waals surface area (Å²) in [4.78, 5) is 9.65. The van der Waals surface area contributed by atoms with Crippen LogP contribution < -0.4 is 14.5 Å². The van der Waals surface area contributed by atoms with Gasteiger partial charge in [0.1, 0.15) is 24.0 Å². The van der Waals surface area contributed by atoms with Gasteiger partial charge in [0.05, 0.1) is 33.6 Å². The third-order valence-electron chi connectivity index (χ3n) is 16.1. The normalized spacial score (nSPS) is 15.8. The van der Waals surface area contributed by atoms with Gasteiger partial charge in [0.2, 0.25) is 0 Å². The molecule has 0 radical (unpaired) electrons.